The Balaban J connectivity index is 1.23. The van der Waals surface area contributed by atoms with Gasteiger partial charge >= 0.3 is 6.01 Å². The summed E-state index contributed by atoms with van der Waals surface area (Å²) >= 11 is 0. The van der Waals surface area contributed by atoms with Gasteiger partial charge in [-0.3, -0.25) is 0 Å². The van der Waals surface area contributed by atoms with E-state index < -0.39 is 17.8 Å². The normalized spacial score (nSPS) is 27.2. The molecule has 5 aliphatic rings. The minimum absolute atomic E-state index is 0.0172. The number of aromatic hydroxyl groups is 1. The first-order valence-electron chi connectivity index (χ1n) is 17.0. The molecule has 8 nitrogen and oxygen atoms in total. The van der Waals surface area contributed by atoms with Gasteiger partial charge < -0.3 is 30.1 Å². The Morgan fingerprint density at radius 3 is 2.81 bits per heavy atom. The van der Waals surface area contributed by atoms with Crippen molar-refractivity contribution in [1.29, 1.82) is 0 Å². The fraction of sp³-hybridized carbons (Fsp3) is 0.500. The molecule has 1 aliphatic carbocycles. The summed E-state index contributed by atoms with van der Waals surface area (Å²) in [6.07, 6.45) is 5.00. The van der Waals surface area contributed by atoms with Crippen LogP contribution in [0.4, 0.5) is 19.0 Å². The Bertz CT molecular complexity index is 1890. The van der Waals surface area contributed by atoms with Gasteiger partial charge in [-0.1, -0.05) is 18.2 Å². The number of fused-ring (bicyclic) bond motifs is 6. The number of hydrogen-bond acceptors (Lipinski definition) is 8. The van der Waals surface area contributed by atoms with E-state index in [9.17, 15) is 9.50 Å². The Morgan fingerprint density at radius 1 is 1.04 bits per heavy atom. The third-order valence-corrected chi connectivity index (χ3v) is 10.8. The van der Waals surface area contributed by atoms with Crippen molar-refractivity contribution in [3.05, 3.63) is 47.5 Å². The summed E-state index contributed by atoms with van der Waals surface area (Å²) in [5.41, 5.74) is 0.898. The SMILES string of the molecule is Oc1cc(-c2c(F)c3c4c(nc(OCC5CCCNCC(F)C5)nc4c2F)N2CC4CCC(N4)C2CO3)c2c(C3CC3)cccc2c1. The molecule has 2 bridgehead atoms. The number of phenols is 1. The Labute approximate surface area is 270 Å². The minimum Gasteiger partial charge on any atom is -0.508 e. The van der Waals surface area contributed by atoms with E-state index in [-0.39, 0.29) is 76.8 Å². The standard InChI is InChI=1S/C36H38F3N5O3/c37-21-11-18(3-2-10-40-14-21)16-47-36-42-33-30-34(46-17-27-26-9-8-22(41-26)15-44(27)35(30)43-36)32(39)29(31(33)38)25-13-23(45)12-20-4-1-5-24(28(20)25)19-6-7-19/h1,4-5,12-13,18-19,21-22,26-27,40-41,45H,2-3,6-11,14-17H2. The third kappa shape index (κ3) is 5.04. The van der Waals surface area contributed by atoms with Crippen LogP contribution in [0.1, 0.15) is 56.4 Å². The second-order valence-electron chi connectivity index (χ2n) is 14.0. The Morgan fingerprint density at radius 2 is 1.94 bits per heavy atom. The smallest absolute Gasteiger partial charge is 0.319 e. The summed E-state index contributed by atoms with van der Waals surface area (Å²) in [6, 6.07) is 9.03. The first-order valence-corrected chi connectivity index (χ1v) is 17.0. The van der Waals surface area contributed by atoms with Crippen molar-refractivity contribution in [2.75, 3.05) is 37.7 Å². The molecule has 5 atom stereocenters. The maximum absolute atomic E-state index is 17.2. The maximum Gasteiger partial charge on any atom is 0.319 e. The van der Waals surface area contributed by atoms with Crippen molar-refractivity contribution in [2.24, 2.45) is 5.92 Å². The van der Waals surface area contributed by atoms with Crippen molar-refractivity contribution >= 4 is 27.5 Å². The van der Waals surface area contributed by atoms with Crippen molar-refractivity contribution in [3.8, 4) is 28.6 Å². The van der Waals surface area contributed by atoms with Crippen LogP contribution in [0, 0.1) is 17.6 Å². The summed E-state index contributed by atoms with van der Waals surface area (Å²) in [4.78, 5) is 11.5. The van der Waals surface area contributed by atoms with E-state index in [1.54, 1.807) is 6.07 Å². The van der Waals surface area contributed by atoms with Crippen molar-refractivity contribution in [2.45, 2.75) is 75.2 Å². The number of piperazine rings is 1. The number of nitrogens with one attached hydrogen (secondary N) is 2. The van der Waals surface area contributed by atoms with Gasteiger partial charge in [-0.05, 0) is 97.4 Å². The number of hydrogen-bond donors (Lipinski definition) is 3. The molecule has 3 aromatic carbocycles. The monoisotopic (exact) mass is 645 g/mol. The number of anilines is 1. The van der Waals surface area contributed by atoms with Gasteiger partial charge in [0.05, 0.1) is 23.6 Å². The lowest BCUT2D eigenvalue weighted by Crippen LogP contribution is -2.60. The number of benzene rings is 3. The van der Waals surface area contributed by atoms with Gasteiger partial charge in [0, 0.05) is 25.2 Å². The average Bonchev–Trinajstić information content (AvgIpc) is 3.85. The summed E-state index contributed by atoms with van der Waals surface area (Å²) in [7, 11) is 0. The van der Waals surface area contributed by atoms with Gasteiger partial charge in [0.1, 0.15) is 29.9 Å². The summed E-state index contributed by atoms with van der Waals surface area (Å²) in [5.74, 6) is -1.20. The summed E-state index contributed by atoms with van der Waals surface area (Å²) in [6.45, 7) is 2.06. The number of aromatic nitrogens is 2. The maximum atomic E-state index is 17.2. The molecule has 246 valence electrons. The van der Waals surface area contributed by atoms with E-state index in [0.717, 1.165) is 56.0 Å². The lowest BCUT2D eigenvalue weighted by Gasteiger charge is -2.40. The number of phenolic OH excluding ortho intramolecular Hbond substituents is 1. The summed E-state index contributed by atoms with van der Waals surface area (Å²) in [5, 5.41) is 19.2. The molecule has 3 saturated heterocycles. The second kappa shape index (κ2) is 11.4. The van der Waals surface area contributed by atoms with E-state index in [1.807, 2.05) is 18.2 Å². The first-order chi connectivity index (χ1) is 22.9. The second-order valence-corrected chi connectivity index (χ2v) is 14.0. The zero-order valence-electron chi connectivity index (χ0n) is 26.1. The highest BCUT2D eigenvalue weighted by Gasteiger charge is 2.45. The number of rotatable bonds is 5. The van der Waals surface area contributed by atoms with Crippen LogP contribution >= 0.6 is 0 Å². The first kappa shape index (κ1) is 29.3. The van der Waals surface area contributed by atoms with Crippen LogP contribution in [-0.4, -0.2) is 72.2 Å². The number of alkyl halides is 1. The summed E-state index contributed by atoms with van der Waals surface area (Å²) < 4.78 is 61.2. The third-order valence-electron chi connectivity index (χ3n) is 10.8. The van der Waals surface area contributed by atoms with Crippen LogP contribution in [0.25, 0.3) is 32.8 Å². The molecule has 0 spiro atoms. The highest BCUT2D eigenvalue weighted by molar-refractivity contribution is 6.05. The molecule has 1 aromatic heterocycles. The Kier molecular flexibility index (Phi) is 7.11. The van der Waals surface area contributed by atoms with E-state index >= 15 is 8.78 Å². The average molecular weight is 646 g/mol. The van der Waals surface area contributed by atoms with E-state index in [0.29, 0.717) is 36.6 Å². The molecule has 11 heteroatoms. The molecule has 47 heavy (non-hydrogen) atoms. The van der Waals surface area contributed by atoms with Crippen LogP contribution in [-0.2, 0) is 0 Å². The van der Waals surface area contributed by atoms with E-state index in [4.69, 9.17) is 14.5 Å². The minimum atomic E-state index is -0.983. The van der Waals surface area contributed by atoms with Crippen LogP contribution in [0.3, 0.4) is 0 Å². The van der Waals surface area contributed by atoms with E-state index in [1.165, 1.54) is 6.07 Å². The lowest BCUT2D eigenvalue weighted by atomic mass is 9.91. The Hall–Kier alpha value is -3.83. The van der Waals surface area contributed by atoms with Gasteiger partial charge in [0.25, 0.3) is 0 Å². The predicted octanol–water partition coefficient (Wildman–Crippen LogP) is 6.12. The molecule has 0 amide bonds. The lowest BCUT2D eigenvalue weighted by molar-refractivity contribution is 0.166. The van der Waals surface area contributed by atoms with Crippen LogP contribution in [0.2, 0.25) is 0 Å². The number of ether oxygens (including phenoxy) is 2. The zero-order valence-corrected chi connectivity index (χ0v) is 26.1. The van der Waals surface area contributed by atoms with Crippen molar-refractivity contribution in [1.82, 2.24) is 20.6 Å². The molecule has 5 heterocycles. The number of nitrogens with zero attached hydrogens (tertiary/aromatic N) is 3. The van der Waals surface area contributed by atoms with Gasteiger partial charge in [-0.2, -0.15) is 9.97 Å². The highest BCUT2D eigenvalue weighted by atomic mass is 19.1. The van der Waals surface area contributed by atoms with Crippen LogP contribution < -0.4 is 25.0 Å². The molecule has 4 fully saturated rings. The van der Waals surface area contributed by atoms with Gasteiger partial charge in [0.2, 0.25) is 0 Å². The molecule has 3 N–H and O–H groups in total. The highest BCUT2D eigenvalue weighted by Crippen LogP contribution is 2.50. The molecular formula is C36H38F3N5O3. The van der Waals surface area contributed by atoms with Crippen LogP contribution in [0.15, 0.2) is 30.3 Å². The molecular weight excluding hydrogens is 607 g/mol. The van der Waals surface area contributed by atoms with Gasteiger partial charge in [0.15, 0.2) is 17.4 Å². The largest absolute Gasteiger partial charge is 0.508 e. The number of halogens is 3. The topological polar surface area (TPSA) is 91.8 Å². The predicted molar refractivity (Wildman–Crippen MR) is 173 cm³/mol. The van der Waals surface area contributed by atoms with Crippen LogP contribution in [0.5, 0.6) is 17.5 Å². The molecule has 5 unspecified atom stereocenters. The molecule has 4 aromatic rings. The van der Waals surface area contributed by atoms with E-state index in [2.05, 4.69) is 20.5 Å². The molecule has 0 radical (unpaired) electrons. The van der Waals surface area contributed by atoms with Crippen molar-refractivity contribution < 1.29 is 27.8 Å². The molecule has 9 rings (SSSR count). The zero-order chi connectivity index (χ0) is 31.8. The fourth-order valence-corrected chi connectivity index (χ4v) is 8.44. The van der Waals surface area contributed by atoms with Crippen molar-refractivity contribution in [3.63, 3.8) is 0 Å². The van der Waals surface area contributed by atoms with Gasteiger partial charge in [-0.15, -0.1) is 0 Å². The van der Waals surface area contributed by atoms with Gasteiger partial charge in [-0.25, -0.2) is 13.2 Å². The fourth-order valence-electron chi connectivity index (χ4n) is 8.44. The molecule has 1 saturated carbocycles. The quantitative estimate of drug-likeness (QED) is 0.239. The molecule has 4 aliphatic heterocycles.